The van der Waals surface area contributed by atoms with Gasteiger partial charge in [0.1, 0.15) is 5.82 Å². The van der Waals surface area contributed by atoms with Gasteiger partial charge in [-0.3, -0.25) is 4.79 Å². The normalized spacial score (nSPS) is 12.3. The molecule has 0 bridgehead atoms. The van der Waals surface area contributed by atoms with Crippen molar-refractivity contribution in [1.29, 1.82) is 0 Å². The molecule has 2 nitrogen and oxygen atoms in total. The van der Waals surface area contributed by atoms with Crippen LogP contribution in [0, 0.1) is 12.7 Å². The van der Waals surface area contributed by atoms with E-state index in [0.717, 1.165) is 11.3 Å². The Morgan fingerprint density at radius 1 is 1.26 bits per heavy atom. The molecular weight excluding hydrogens is 309 g/mol. The lowest BCUT2D eigenvalue weighted by atomic mass is 10.2. The lowest BCUT2D eigenvalue weighted by Crippen LogP contribution is -2.22. The van der Waals surface area contributed by atoms with Crippen molar-refractivity contribution in [1.82, 2.24) is 0 Å². The predicted octanol–water partition coefficient (Wildman–Crippen LogP) is 4.91. The number of hydrogen-bond acceptors (Lipinski definition) is 2. The summed E-state index contributed by atoms with van der Waals surface area (Å²) in [6.07, 6.45) is 4.07. The fraction of sp³-hybridized carbons (Fsp3) is 0.211. The van der Waals surface area contributed by atoms with E-state index in [9.17, 15) is 9.18 Å². The predicted molar refractivity (Wildman–Crippen MR) is 97.2 cm³/mol. The molecule has 0 heterocycles. The minimum Gasteiger partial charge on any atom is -0.325 e. The fourth-order valence-electron chi connectivity index (χ4n) is 1.94. The molecule has 1 amide bonds. The first-order chi connectivity index (χ1) is 11.1. The zero-order valence-corrected chi connectivity index (χ0v) is 14.1. The molecule has 1 atom stereocenters. The van der Waals surface area contributed by atoms with Crippen molar-refractivity contribution in [3.05, 3.63) is 71.6 Å². The van der Waals surface area contributed by atoms with Crippen LogP contribution in [-0.2, 0) is 4.79 Å². The van der Waals surface area contributed by atoms with Gasteiger partial charge in [0.05, 0.1) is 5.25 Å². The summed E-state index contributed by atoms with van der Waals surface area (Å²) in [4.78, 5) is 12.1. The molecule has 0 aliphatic heterocycles. The topological polar surface area (TPSA) is 29.1 Å². The van der Waals surface area contributed by atoms with Gasteiger partial charge < -0.3 is 5.32 Å². The first-order valence-electron chi connectivity index (χ1n) is 7.46. The number of nitrogens with one attached hydrogen (secondary N) is 1. The van der Waals surface area contributed by atoms with Gasteiger partial charge in [0, 0.05) is 11.4 Å². The fourth-order valence-corrected chi connectivity index (χ4v) is 2.64. The Labute approximate surface area is 140 Å². The Bertz CT molecular complexity index is 685. The standard InChI is InChI=1S/C19H20FNOS/c1-14-10-11-17(13-18(14)20)21-19(22)15(2)23-12-6-9-16-7-4-3-5-8-16/h3-11,13,15H,12H2,1-2H3,(H,21,22)/b9-6-/t15-/m1/s1. The average molecular weight is 329 g/mol. The minimum absolute atomic E-state index is 0.119. The lowest BCUT2D eigenvalue weighted by Gasteiger charge is -2.11. The Balaban J connectivity index is 1.80. The van der Waals surface area contributed by atoms with E-state index in [-0.39, 0.29) is 17.0 Å². The van der Waals surface area contributed by atoms with Crippen molar-refractivity contribution in [2.45, 2.75) is 19.1 Å². The van der Waals surface area contributed by atoms with Crippen LogP contribution in [0.3, 0.4) is 0 Å². The van der Waals surface area contributed by atoms with Gasteiger partial charge in [-0.25, -0.2) is 4.39 Å². The third kappa shape index (κ3) is 5.57. The van der Waals surface area contributed by atoms with E-state index >= 15 is 0 Å². The van der Waals surface area contributed by atoms with Crippen molar-refractivity contribution in [3.8, 4) is 0 Å². The molecule has 0 aromatic heterocycles. The number of carbonyl (C=O) groups is 1. The molecule has 2 aromatic rings. The van der Waals surface area contributed by atoms with Gasteiger partial charge in [0.25, 0.3) is 0 Å². The maximum atomic E-state index is 13.5. The maximum absolute atomic E-state index is 13.5. The van der Waals surface area contributed by atoms with Crippen LogP contribution in [0.25, 0.3) is 6.08 Å². The maximum Gasteiger partial charge on any atom is 0.237 e. The van der Waals surface area contributed by atoms with Gasteiger partial charge in [-0.2, -0.15) is 0 Å². The Hall–Kier alpha value is -2.07. The number of aryl methyl sites for hydroxylation is 1. The number of halogens is 1. The molecule has 0 saturated carbocycles. The van der Waals surface area contributed by atoms with Crippen LogP contribution in [-0.4, -0.2) is 16.9 Å². The molecule has 0 aliphatic rings. The number of amides is 1. The highest BCUT2D eigenvalue weighted by Gasteiger charge is 2.13. The van der Waals surface area contributed by atoms with Crippen LogP contribution in [0.1, 0.15) is 18.1 Å². The largest absolute Gasteiger partial charge is 0.325 e. The van der Waals surface area contributed by atoms with Gasteiger partial charge >= 0.3 is 0 Å². The second-order valence-corrected chi connectivity index (χ2v) is 6.62. The van der Waals surface area contributed by atoms with E-state index in [2.05, 4.69) is 5.32 Å². The summed E-state index contributed by atoms with van der Waals surface area (Å²) in [5.74, 6) is 0.311. The minimum atomic E-state index is -0.311. The van der Waals surface area contributed by atoms with E-state index in [1.165, 1.54) is 17.8 Å². The quantitative estimate of drug-likeness (QED) is 0.816. The Morgan fingerprint density at radius 2 is 2.00 bits per heavy atom. The van der Waals surface area contributed by atoms with Crippen molar-refractivity contribution >= 4 is 29.4 Å². The molecule has 0 fully saturated rings. The van der Waals surface area contributed by atoms with Crippen LogP contribution in [0.5, 0.6) is 0 Å². The third-order valence-corrected chi connectivity index (χ3v) is 4.46. The molecule has 4 heteroatoms. The average Bonchev–Trinajstić information content (AvgIpc) is 2.55. The van der Waals surface area contributed by atoms with E-state index < -0.39 is 0 Å². The van der Waals surface area contributed by atoms with Crippen molar-refractivity contribution in [2.24, 2.45) is 0 Å². The lowest BCUT2D eigenvalue weighted by molar-refractivity contribution is -0.115. The second-order valence-electron chi connectivity index (χ2n) is 5.24. The monoisotopic (exact) mass is 329 g/mol. The molecule has 23 heavy (non-hydrogen) atoms. The summed E-state index contributed by atoms with van der Waals surface area (Å²) in [6, 6.07) is 14.7. The second kappa shape index (κ2) is 8.53. The summed E-state index contributed by atoms with van der Waals surface area (Å²) in [5.41, 5.74) is 2.20. The molecule has 0 aliphatic carbocycles. The van der Waals surface area contributed by atoms with E-state index in [1.54, 1.807) is 19.1 Å². The van der Waals surface area contributed by atoms with Gasteiger partial charge in [-0.1, -0.05) is 48.6 Å². The molecule has 0 unspecified atom stereocenters. The number of hydrogen-bond donors (Lipinski definition) is 1. The molecule has 0 saturated heterocycles. The summed E-state index contributed by atoms with van der Waals surface area (Å²) < 4.78 is 13.5. The number of benzene rings is 2. The van der Waals surface area contributed by atoms with Crippen LogP contribution in [0.2, 0.25) is 0 Å². The summed E-state index contributed by atoms with van der Waals surface area (Å²) in [6.45, 7) is 3.54. The highest BCUT2D eigenvalue weighted by Crippen LogP contribution is 2.17. The smallest absolute Gasteiger partial charge is 0.237 e. The number of thioether (sulfide) groups is 1. The van der Waals surface area contributed by atoms with Gasteiger partial charge in [0.15, 0.2) is 0 Å². The van der Waals surface area contributed by atoms with Gasteiger partial charge in [-0.05, 0) is 37.1 Å². The number of anilines is 1. The number of rotatable bonds is 6. The Kier molecular flexibility index (Phi) is 6.41. The zero-order chi connectivity index (χ0) is 16.7. The van der Waals surface area contributed by atoms with Crippen LogP contribution >= 0.6 is 11.8 Å². The van der Waals surface area contributed by atoms with Crippen LogP contribution in [0.15, 0.2) is 54.6 Å². The van der Waals surface area contributed by atoms with Crippen molar-refractivity contribution in [3.63, 3.8) is 0 Å². The molecule has 0 spiro atoms. The van der Waals surface area contributed by atoms with Crippen molar-refractivity contribution < 1.29 is 9.18 Å². The molecule has 0 radical (unpaired) electrons. The Morgan fingerprint density at radius 3 is 2.70 bits per heavy atom. The van der Waals surface area contributed by atoms with E-state index in [0.29, 0.717) is 11.3 Å². The van der Waals surface area contributed by atoms with Crippen LogP contribution < -0.4 is 5.32 Å². The first kappa shape index (κ1) is 17.3. The first-order valence-corrected chi connectivity index (χ1v) is 8.51. The van der Waals surface area contributed by atoms with Crippen molar-refractivity contribution in [2.75, 3.05) is 11.1 Å². The third-order valence-electron chi connectivity index (χ3n) is 3.36. The van der Waals surface area contributed by atoms with E-state index in [4.69, 9.17) is 0 Å². The summed E-state index contributed by atoms with van der Waals surface area (Å²) in [5, 5.41) is 2.54. The number of carbonyl (C=O) groups excluding carboxylic acids is 1. The van der Waals surface area contributed by atoms with Crippen LogP contribution in [0.4, 0.5) is 10.1 Å². The SMILES string of the molecule is Cc1ccc(NC(=O)[C@@H](C)SC/C=C\c2ccccc2)cc1F. The molecule has 2 aromatic carbocycles. The van der Waals surface area contributed by atoms with Gasteiger partial charge in [0.2, 0.25) is 5.91 Å². The van der Waals surface area contributed by atoms with Gasteiger partial charge in [-0.15, -0.1) is 11.8 Å². The zero-order valence-electron chi connectivity index (χ0n) is 13.3. The summed E-state index contributed by atoms with van der Waals surface area (Å²) >= 11 is 1.54. The molecule has 1 N–H and O–H groups in total. The highest BCUT2D eigenvalue weighted by molar-refractivity contribution is 8.00. The molecular formula is C19H20FNOS. The van der Waals surface area contributed by atoms with E-state index in [1.807, 2.05) is 49.4 Å². The molecule has 2 rings (SSSR count). The molecule has 120 valence electrons. The highest BCUT2D eigenvalue weighted by atomic mass is 32.2. The summed E-state index contributed by atoms with van der Waals surface area (Å²) in [7, 11) is 0.